The van der Waals surface area contributed by atoms with E-state index in [1.54, 1.807) is 24.1 Å². The van der Waals surface area contributed by atoms with E-state index >= 15 is 0 Å². The van der Waals surface area contributed by atoms with Gasteiger partial charge in [0.05, 0.1) is 5.56 Å². The summed E-state index contributed by atoms with van der Waals surface area (Å²) in [6, 6.07) is 12.9. The number of alkyl halides is 1. The number of esters is 1. The zero-order chi connectivity index (χ0) is 20.9. The third-order valence-electron chi connectivity index (χ3n) is 4.04. The van der Waals surface area contributed by atoms with Crippen LogP contribution in [-0.2, 0) is 21.5 Å². The van der Waals surface area contributed by atoms with Crippen molar-refractivity contribution in [1.82, 2.24) is 0 Å². The zero-order valence-electron chi connectivity index (χ0n) is 16.9. The molecule has 5 nitrogen and oxygen atoms in total. The maximum Gasteiger partial charge on any atom is 0.339 e. The minimum absolute atomic E-state index is 0.0393. The molecule has 0 saturated carbocycles. The van der Waals surface area contributed by atoms with Crippen molar-refractivity contribution in [2.24, 2.45) is 0 Å². The highest BCUT2D eigenvalue weighted by atomic mass is 79.9. The highest BCUT2D eigenvalue weighted by molar-refractivity contribution is 9.08. The van der Waals surface area contributed by atoms with Crippen LogP contribution in [0.2, 0.25) is 0 Å². The Bertz CT molecular complexity index is 841. The van der Waals surface area contributed by atoms with Crippen LogP contribution in [0.4, 0.5) is 5.69 Å². The summed E-state index contributed by atoms with van der Waals surface area (Å²) in [5.74, 6) is 0.246. The van der Waals surface area contributed by atoms with Gasteiger partial charge in [-0.2, -0.15) is 0 Å². The second-order valence-electron chi connectivity index (χ2n) is 7.49. The lowest BCUT2D eigenvalue weighted by Gasteiger charge is -2.21. The third-order valence-corrected chi connectivity index (χ3v) is 4.69. The molecule has 0 aromatic heterocycles. The van der Waals surface area contributed by atoms with Gasteiger partial charge in [-0.1, -0.05) is 28.1 Å². The van der Waals surface area contributed by atoms with Crippen molar-refractivity contribution in [2.45, 2.75) is 45.2 Å². The number of nitrogens with zero attached hydrogens (tertiary/aromatic N) is 1. The fourth-order valence-electron chi connectivity index (χ4n) is 2.46. The summed E-state index contributed by atoms with van der Waals surface area (Å²) in [6.45, 7) is 7.28. The largest absolute Gasteiger partial charge is 0.489 e. The van der Waals surface area contributed by atoms with Gasteiger partial charge in [-0.25, -0.2) is 4.79 Å². The van der Waals surface area contributed by atoms with Crippen LogP contribution in [0.15, 0.2) is 42.5 Å². The number of anilines is 1. The van der Waals surface area contributed by atoms with Gasteiger partial charge in [-0.3, -0.25) is 4.79 Å². The predicted octanol–water partition coefficient (Wildman–Crippen LogP) is 5.10. The van der Waals surface area contributed by atoms with Crippen molar-refractivity contribution in [2.75, 3.05) is 11.9 Å². The molecule has 0 heterocycles. The second-order valence-corrected chi connectivity index (χ2v) is 8.05. The number of halogens is 1. The molecule has 0 N–H and O–H groups in total. The molecule has 2 rings (SSSR count). The first kappa shape index (κ1) is 22.0. The van der Waals surface area contributed by atoms with Gasteiger partial charge in [0.25, 0.3) is 0 Å². The quantitative estimate of drug-likeness (QED) is 0.456. The van der Waals surface area contributed by atoms with Gasteiger partial charge in [0.15, 0.2) is 0 Å². The van der Waals surface area contributed by atoms with E-state index < -0.39 is 5.60 Å². The lowest BCUT2D eigenvalue weighted by molar-refractivity contribution is -0.116. The highest BCUT2D eigenvalue weighted by Crippen LogP contribution is 2.23. The maximum atomic E-state index is 12.6. The first-order valence-corrected chi connectivity index (χ1v) is 10.1. The van der Waals surface area contributed by atoms with E-state index in [0.29, 0.717) is 16.6 Å². The molecule has 2 aromatic rings. The van der Waals surface area contributed by atoms with Gasteiger partial charge in [0, 0.05) is 30.6 Å². The Morgan fingerprint density at radius 2 is 1.71 bits per heavy atom. The topological polar surface area (TPSA) is 55.8 Å². The lowest BCUT2D eigenvalue weighted by Crippen LogP contribution is -2.25. The summed E-state index contributed by atoms with van der Waals surface area (Å²) in [6.07, 6.45) is 0. The minimum Gasteiger partial charge on any atom is -0.489 e. The monoisotopic (exact) mass is 447 g/mol. The number of benzene rings is 2. The van der Waals surface area contributed by atoms with Gasteiger partial charge in [-0.05, 0) is 56.7 Å². The Balaban J connectivity index is 2.17. The lowest BCUT2D eigenvalue weighted by atomic mass is 10.0. The zero-order valence-corrected chi connectivity index (χ0v) is 18.5. The van der Waals surface area contributed by atoms with Gasteiger partial charge in [0.2, 0.25) is 5.91 Å². The molecule has 0 aliphatic rings. The molecule has 0 saturated heterocycles. The van der Waals surface area contributed by atoms with Gasteiger partial charge in [-0.15, -0.1) is 0 Å². The van der Waals surface area contributed by atoms with Crippen LogP contribution in [-0.4, -0.2) is 24.5 Å². The van der Waals surface area contributed by atoms with Crippen molar-refractivity contribution in [1.29, 1.82) is 0 Å². The maximum absolute atomic E-state index is 12.6. The molecule has 28 heavy (non-hydrogen) atoms. The molecule has 6 heteroatoms. The molecule has 0 bridgehead atoms. The van der Waals surface area contributed by atoms with Crippen molar-refractivity contribution in [3.63, 3.8) is 0 Å². The number of ether oxygens (including phenoxy) is 2. The Labute approximate surface area is 174 Å². The molecular weight excluding hydrogens is 422 g/mol. The van der Waals surface area contributed by atoms with Gasteiger partial charge >= 0.3 is 5.97 Å². The van der Waals surface area contributed by atoms with Crippen LogP contribution >= 0.6 is 15.9 Å². The van der Waals surface area contributed by atoms with Crippen LogP contribution in [0.3, 0.4) is 0 Å². The average Bonchev–Trinajstić information content (AvgIpc) is 2.64. The predicted molar refractivity (Wildman–Crippen MR) is 114 cm³/mol. The molecular formula is C22H26BrNO4. The average molecular weight is 448 g/mol. The molecule has 2 aromatic carbocycles. The SMILES string of the molecule is CC(=O)N(C)c1ccc(OCc2ccc(CBr)cc2C(=O)OC(C)(C)C)cc1. The molecule has 0 aliphatic carbocycles. The molecule has 150 valence electrons. The summed E-state index contributed by atoms with van der Waals surface area (Å²) < 4.78 is 11.4. The van der Waals surface area contributed by atoms with E-state index in [-0.39, 0.29) is 18.5 Å². The standard InChI is InChI=1S/C22H26BrNO4/c1-15(25)24(5)18-8-10-19(11-9-18)27-14-17-7-6-16(13-23)12-20(17)21(26)28-22(2,3)4/h6-12H,13-14H2,1-5H3. The van der Waals surface area contributed by atoms with E-state index in [1.165, 1.54) is 6.92 Å². The van der Waals surface area contributed by atoms with E-state index in [0.717, 1.165) is 16.8 Å². The van der Waals surface area contributed by atoms with E-state index in [4.69, 9.17) is 9.47 Å². The van der Waals surface area contributed by atoms with Crippen molar-refractivity contribution in [3.05, 3.63) is 59.2 Å². The van der Waals surface area contributed by atoms with E-state index in [1.807, 2.05) is 51.1 Å². The molecule has 1 amide bonds. The molecule has 0 atom stereocenters. The molecule has 0 unspecified atom stereocenters. The number of carbonyl (C=O) groups excluding carboxylic acids is 2. The summed E-state index contributed by atoms with van der Waals surface area (Å²) in [5.41, 5.74) is 2.46. The number of hydrogen-bond acceptors (Lipinski definition) is 4. The van der Waals surface area contributed by atoms with Crippen molar-refractivity contribution in [3.8, 4) is 5.75 Å². The van der Waals surface area contributed by atoms with Crippen LogP contribution in [0.25, 0.3) is 0 Å². The second kappa shape index (κ2) is 9.24. The highest BCUT2D eigenvalue weighted by Gasteiger charge is 2.21. The summed E-state index contributed by atoms with van der Waals surface area (Å²) in [5, 5.41) is 0.648. The van der Waals surface area contributed by atoms with Crippen LogP contribution < -0.4 is 9.64 Å². The van der Waals surface area contributed by atoms with Crippen LogP contribution in [0.1, 0.15) is 49.2 Å². The number of rotatable bonds is 6. The third kappa shape index (κ3) is 6.09. The fourth-order valence-corrected chi connectivity index (χ4v) is 2.81. The first-order chi connectivity index (χ1) is 13.1. The Morgan fingerprint density at radius 3 is 2.25 bits per heavy atom. The fraction of sp³-hybridized carbons (Fsp3) is 0.364. The Morgan fingerprint density at radius 1 is 1.07 bits per heavy atom. The number of carbonyl (C=O) groups is 2. The molecule has 0 spiro atoms. The minimum atomic E-state index is -0.571. The number of amides is 1. The molecule has 0 radical (unpaired) electrons. The Kier molecular flexibility index (Phi) is 7.24. The van der Waals surface area contributed by atoms with Crippen LogP contribution in [0, 0.1) is 0 Å². The van der Waals surface area contributed by atoms with Crippen molar-refractivity contribution >= 4 is 33.5 Å². The molecule has 0 aliphatic heterocycles. The van der Waals surface area contributed by atoms with Gasteiger partial charge < -0.3 is 14.4 Å². The van der Waals surface area contributed by atoms with Gasteiger partial charge in [0.1, 0.15) is 18.0 Å². The normalized spacial score (nSPS) is 11.1. The summed E-state index contributed by atoms with van der Waals surface area (Å²) in [4.78, 5) is 25.6. The first-order valence-electron chi connectivity index (χ1n) is 8.99. The number of hydrogen-bond donors (Lipinski definition) is 0. The Hall–Kier alpha value is -2.34. The molecule has 0 fully saturated rings. The van der Waals surface area contributed by atoms with E-state index in [2.05, 4.69) is 15.9 Å². The summed E-state index contributed by atoms with van der Waals surface area (Å²) in [7, 11) is 1.72. The summed E-state index contributed by atoms with van der Waals surface area (Å²) >= 11 is 3.42. The van der Waals surface area contributed by atoms with E-state index in [9.17, 15) is 9.59 Å². The van der Waals surface area contributed by atoms with Crippen molar-refractivity contribution < 1.29 is 19.1 Å². The smallest absolute Gasteiger partial charge is 0.339 e. The van der Waals surface area contributed by atoms with Crippen LogP contribution in [0.5, 0.6) is 5.75 Å².